The monoisotopic (exact) mass is 542 g/mol. The fraction of sp³-hybridized carbons (Fsp3) is 0.750. The largest absolute Gasteiger partial charge is 0.464 e. The number of rotatable bonds is 17. The minimum absolute atomic E-state index is 0.0276. The predicted octanol–water partition coefficient (Wildman–Crippen LogP) is -1.92. The lowest BCUT2D eigenvalue weighted by molar-refractivity contribution is -0.146. The number of nitrogens with one attached hydrogen (secondary N) is 3. The van der Waals surface area contributed by atoms with Crippen molar-refractivity contribution in [2.24, 2.45) is 11.7 Å². The maximum atomic E-state index is 12.6. The van der Waals surface area contributed by atoms with Crippen LogP contribution in [0.25, 0.3) is 0 Å². The van der Waals surface area contributed by atoms with Gasteiger partial charge in [-0.2, -0.15) is 0 Å². The first-order valence-electron chi connectivity index (χ1n) is 12.9. The maximum absolute atomic E-state index is 12.6. The summed E-state index contributed by atoms with van der Waals surface area (Å²) < 4.78 is 9.80. The van der Waals surface area contributed by atoms with Gasteiger partial charge >= 0.3 is 5.97 Å². The minimum atomic E-state index is -1.23. The van der Waals surface area contributed by atoms with Crippen LogP contribution in [-0.2, 0) is 38.2 Å². The first kappa shape index (κ1) is 32.9. The van der Waals surface area contributed by atoms with Crippen LogP contribution in [0.1, 0.15) is 48.0 Å². The number of Topliss-reactive ketones (excluding diaryl/α,β-unsaturated/α-hetero) is 1. The lowest BCUT2D eigenvalue weighted by atomic mass is 9.99. The molecule has 1 heterocycles. The van der Waals surface area contributed by atoms with Crippen LogP contribution < -0.4 is 21.8 Å². The first-order chi connectivity index (χ1) is 17.9. The molecule has 0 aromatic carbocycles. The highest BCUT2D eigenvalue weighted by Gasteiger charge is 2.53. The number of hydrogen-bond acceptors (Lipinski definition) is 10. The van der Waals surface area contributed by atoms with Gasteiger partial charge in [0.05, 0.1) is 12.6 Å². The Kier molecular flexibility index (Phi) is 13.9. The molecule has 0 spiro atoms. The Hall–Kier alpha value is -3.10. The number of hydrazine groups is 1. The maximum Gasteiger partial charge on any atom is 0.338 e. The topological polar surface area (TPSA) is 193 Å². The molecule has 38 heavy (non-hydrogen) atoms. The van der Waals surface area contributed by atoms with Crippen molar-refractivity contribution in [3.05, 3.63) is 0 Å². The van der Waals surface area contributed by atoms with Gasteiger partial charge in [-0.1, -0.05) is 20.8 Å². The van der Waals surface area contributed by atoms with Gasteiger partial charge in [-0.15, -0.1) is 0 Å². The smallest absolute Gasteiger partial charge is 0.338 e. The van der Waals surface area contributed by atoms with Gasteiger partial charge in [0.1, 0.15) is 18.4 Å². The summed E-state index contributed by atoms with van der Waals surface area (Å²) in [5.41, 5.74) is 7.39. The molecule has 1 saturated heterocycles. The molecule has 0 radical (unpaired) electrons. The van der Waals surface area contributed by atoms with Crippen molar-refractivity contribution >= 4 is 35.4 Å². The van der Waals surface area contributed by atoms with Crippen LogP contribution in [0.2, 0.25) is 0 Å². The number of likely N-dealkylation sites (N-methyl/N-ethyl adjacent to an activating group) is 1. The Labute approximate surface area is 223 Å². The number of amides is 4. The molecule has 0 aliphatic carbocycles. The molecule has 0 aromatic rings. The van der Waals surface area contributed by atoms with E-state index in [4.69, 9.17) is 15.2 Å². The summed E-state index contributed by atoms with van der Waals surface area (Å²) in [6.07, 6.45) is -2.40. The van der Waals surface area contributed by atoms with Gasteiger partial charge in [0, 0.05) is 25.4 Å². The van der Waals surface area contributed by atoms with Crippen molar-refractivity contribution in [3.63, 3.8) is 0 Å². The third kappa shape index (κ3) is 10.7. The molecule has 1 rings (SSSR count). The number of primary amides is 1. The van der Waals surface area contributed by atoms with Crippen LogP contribution in [0, 0.1) is 5.92 Å². The zero-order valence-electron chi connectivity index (χ0n) is 23.1. The third-order valence-corrected chi connectivity index (χ3v) is 6.04. The number of carbonyl (C=O) groups excluding carboxylic acids is 6. The van der Waals surface area contributed by atoms with Gasteiger partial charge in [-0.3, -0.25) is 29.4 Å². The van der Waals surface area contributed by atoms with Crippen molar-refractivity contribution in [2.75, 3.05) is 39.3 Å². The highest BCUT2D eigenvalue weighted by molar-refractivity contribution is 5.96. The fourth-order valence-corrected chi connectivity index (χ4v) is 3.50. The zero-order chi connectivity index (χ0) is 29.0. The Morgan fingerprint density at radius 3 is 2.13 bits per heavy atom. The Bertz CT molecular complexity index is 865. The van der Waals surface area contributed by atoms with Crippen LogP contribution >= 0.6 is 0 Å². The van der Waals surface area contributed by atoms with E-state index in [-0.39, 0.29) is 18.8 Å². The van der Waals surface area contributed by atoms with E-state index in [1.807, 2.05) is 0 Å². The van der Waals surface area contributed by atoms with Gasteiger partial charge in [0.25, 0.3) is 11.8 Å². The van der Waals surface area contributed by atoms with Crippen LogP contribution in [0.5, 0.6) is 0 Å². The second-order valence-corrected chi connectivity index (χ2v) is 9.10. The summed E-state index contributed by atoms with van der Waals surface area (Å²) in [6.45, 7) is 13.1. The van der Waals surface area contributed by atoms with Gasteiger partial charge in [-0.05, 0) is 33.9 Å². The first-order valence-corrected chi connectivity index (χ1v) is 12.9. The molecule has 0 bridgehead atoms. The minimum Gasteiger partial charge on any atom is -0.464 e. The van der Waals surface area contributed by atoms with Gasteiger partial charge < -0.3 is 30.7 Å². The van der Waals surface area contributed by atoms with E-state index in [1.165, 1.54) is 6.92 Å². The Balaban J connectivity index is 2.59. The van der Waals surface area contributed by atoms with Gasteiger partial charge in [0.15, 0.2) is 12.2 Å². The lowest BCUT2D eigenvalue weighted by Gasteiger charge is -2.24. The number of ether oxygens (including phenoxy) is 2. The van der Waals surface area contributed by atoms with E-state index >= 15 is 0 Å². The van der Waals surface area contributed by atoms with Crippen LogP contribution in [-0.4, -0.2) is 109 Å². The summed E-state index contributed by atoms with van der Waals surface area (Å²) in [7, 11) is 0. The van der Waals surface area contributed by atoms with Crippen molar-refractivity contribution in [1.29, 1.82) is 0 Å². The standard InChI is InChI=1S/C24H42N6O8/c1-7-29(8-2)11-10-26-15(5)17(31)12-14(4)21(33)27-16(6)22(34)28-30(13-18(25)32)23(35)19-20(38-19)24(36)37-9-3/h14-16,19-20,26H,7-13H2,1-6H3,(H2,25,32)(H,27,33)(H,28,34)/t14-,15?,16+,19?,20?/m1/s1. The molecule has 1 aliphatic heterocycles. The summed E-state index contributed by atoms with van der Waals surface area (Å²) >= 11 is 0. The molecule has 1 aliphatic rings. The van der Waals surface area contributed by atoms with Crippen molar-refractivity contribution in [2.45, 2.75) is 72.3 Å². The number of esters is 1. The summed E-state index contributed by atoms with van der Waals surface area (Å²) in [6, 6.07) is -1.55. The van der Waals surface area contributed by atoms with E-state index in [2.05, 4.69) is 34.8 Å². The average Bonchev–Trinajstić information content (AvgIpc) is 3.66. The van der Waals surface area contributed by atoms with E-state index in [0.717, 1.165) is 19.6 Å². The SMILES string of the molecule is CCOC(=O)C1OC1C(=O)N(CC(N)=O)NC(=O)[C@H](C)NC(=O)[C@H](C)CC(=O)C(C)NCCN(CC)CC. The van der Waals surface area contributed by atoms with E-state index in [0.29, 0.717) is 11.6 Å². The molecule has 14 nitrogen and oxygen atoms in total. The number of hydrogen-bond donors (Lipinski definition) is 4. The molecular formula is C24H42N6O8. The van der Waals surface area contributed by atoms with E-state index in [9.17, 15) is 28.8 Å². The van der Waals surface area contributed by atoms with Gasteiger partial charge in [0.2, 0.25) is 11.8 Å². The number of nitrogens with zero attached hydrogens (tertiary/aromatic N) is 2. The highest BCUT2D eigenvalue weighted by Crippen LogP contribution is 2.25. The Morgan fingerprint density at radius 1 is 0.947 bits per heavy atom. The van der Waals surface area contributed by atoms with Gasteiger partial charge in [-0.25, -0.2) is 9.80 Å². The molecule has 216 valence electrons. The van der Waals surface area contributed by atoms with Crippen molar-refractivity contribution in [3.8, 4) is 0 Å². The lowest BCUT2D eigenvalue weighted by Crippen LogP contribution is -2.56. The van der Waals surface area contributed by atoms with E-state index in [1.54, 1.807) is 20.8 Å². The van der Waals surface area contributed by atoms with E-state index < -0.39 is 66.4 Å². The van der Waals surface area contributed by atoms with Crippen LogP contribution in [0.3, 0.4) is 0 Å². The number of ketones is 1. The number of epoxide rings is 1. The summed E-state index contributed by atoms with van der Waals surface area (Å²) in [4.78, 5) is 75.7. The molecule has 5 N–H and O–H groups in total. The van der Waals surface area contributed by atoms with Crippen LogP contribution in [0.4, 0.5) is 0 Å². The molecule has 0 aromatic heterocycles. The molecule has 5 atom stereocenters. The molecule has 0 saturated carbocycles. The molecular weight excluding hydrogens is 500 g/mol. The molecule has 14 heteroatoms. The fourth-order valence-electron chi connectivity index (χ4n) is 3.50. The van der Waals surface area contributed by atoms with Crippen molar-refractivity contribution in [1.82, 2.24) is 26.0 Å². The molecule has 3 unspecified atom stereocenters. The quantitative estimate of drug-likeness (QED) is 0.0915. The van der Waals surface area contributed by atoms with Crippen molar-refractivity contribution < 1.29 is 38.2 Å². The average molecular weight is 543 g/mol. The number of carbonyl (C=O) groups is 6. The summed E-state index contributed by atoms with van der Waals surface area (Å²) in [5.74, 6) is -4.72. The second kappa shape index (κ2) is 16.0. The second-order valence-electron chi connectivity index (χ2n) is 9.10. The predicted molar refractivity (Wildman–Crippen MR) is 136 cm³/mol. The number of nitrogens with two attached hydrogens (primary N) is 1. The zero-order valence-corrected chi connectivity index (χ0v) is 23.1. The molecule has 4 amide bonds. The normalized spacial score (nSPS) is 18.6. The highest BCUT2D eigenvalue weighted by atomic mass is 16.6. The third-order valence-electron chi connectivity index (χ3n) is 6.04. The Morgan fingerprint density at radius 2 is 1.58 bits per heavy atom. The summed E-state index contributed by atoms with van der Waals surface area (Å²) in [5, 5.41) is 6.29. The van der Waals surface area contributed by atoms with Crippen LogP contribution in [0.15, 0.2) is 0 Å². The molecule has 1 fully saturated rings.